The van der Waals surface area contributed by atoms with Gasteiger partial charge < -0.3 is 9.40 Å². The molecule has 0 saturated carbocycles. The fourth-order valence-corrected chi connectivity index (χ4v) is 2.08. The number of hydrogen-bond donors (Lipinski definition) is 1. The fraction of sp³-hybridized carbons (Fsp3) is 0.0769. The van der Waals surface area contributed by atoms with Crippen LogP contribution in [0, 0.1) is 6.92 Å². The predicted octanol–water partition coefficient (Wildman–Crippen LogP) is 3.14. The minimum absolute atomic E-state index is 0.401. The number of para-hydroxylation sites is 1. The Bertz CT molecular complexity index is 789. The number of nitrogens with one attached hydrogen (secondary N) is 1. The van der Waals surface area contributed by atoms with E-state index >= 15 is 0 Å². The quantitative estimate of drug-likeness (QED) is 0.731. The zero-order valence-corrected chi connectivity index (χ0v) is 10.3. The molecule has 4 nitrogen and oxygen atoms in total. The molecule has 1 N–H and O–H groups in total. The van der Waals surface area contributed by atoms with Gasteiger partial charge >= 0.3 is 5.69 Å². The summed E-state index contributed by atoms with van der Waals surface area (Å²) < 4.78 is 5.69. The van der Waals surface area contributed by atoms with Gasteiger partial charge in [0.2, 0.25) is 0 Å². The van der Waals surface area contributed by atoms with E-state index in [1.807, 2.05) is 25.1 Å². The van der Waals surface area contributed by atoms with Crippen LogP contribution in [-0.4, -0.2) is 9.97 Å². The minimum atomic E-state index is -0.401. The summed E-state index contributed by atoms with van der Waals surface area (Å²) in [5.74, 6) is 0.579. The molecule has 0 bridgehead atoms. The van der Waals surface area contributed by atoms with Gasteiger partial charge in [-0.2, -0.15) is 0 Å². The molecule has 90 valence electrons. The van der Waals surface area contributed by atoms with Gasteiger partial charge in [-0.15, -0.1) is 0 Å². The lowest BCUT2D eigenvalue weighted by atomic mass is 10.2. The number of hydrogen-bond acceptors (Lipinski definition) is 3. The molecule has 3 aromatic rings. The van der Waals surface area contributed by atoms with Crippen LogP contribution in [0.4, 0.5) is 0 Å². The molecule has 1 aromatic carbocycles. The van der Waals surface area contributed by atoms with Crippen molar-refractivity contribution in [1.82, 2.24) is 9.97 Å². The Labute approximate surface area is 107 Å². The van der Waals surface area contributed by atoms with Gasteiger partial charge in [-0.25, -0.2) is 9.78 Å². The maximum absolute atomic E-state index is 11.3. The van der Waals surface area contributed by atoms with Gasteiger partial charge in [0.15, 0.2) is 11.3 Å². The highest BCUT2D eigenvalue weighted by atomic mass is 35.5. The van der Waals surface area contributed by atoms with Gasteiger partial charge in [0.1, 0.15) is 0 Å². The van der Waals surface area contributed by atoms with Gasteiger partial charge in [0.05, 0.1) is 10.7 Å². The Kier molecular flexibility index (Phi) is 2.45. The third kappa shape index (κ3) is 1.71. The molecule has 5 heteroatoms. The molecule has 0 fully saturated rings. The first-order chi connectivity index (χ1) is 8.65. The number of furan rings is 1. The van der Waals surface area contributed by atoms with Crippen LogP contribution in [0.3, 0.4) is 0 Å². The smallest absolute Gasteiger partial charge is 0.345 e. The van der Waals surface area contributed by atoms with Gasteiger partial charge in [0, 0.05) is 11.6 Å². The molecule has 0 unspecified atom stereocenters. The van der Waals surface area contributed by atoms with E-state index in [1.165, 1.54) is 6.20 Å². The molecule has 0 atom stereocenters. The van der Waals surface area contributed by atoms with Crippen molar-refractivity contribution in [3.05, 3.63) is 51.5 Å². The molecule has 0 saturated heterocycles. The van der Waals surface area contributed by atoms with Crippen molar-refractivity contribution >= 4 is 22.6 Å². The summed E-state index contributed by atoms with van der Waals surface area (Å²) in [6.45, 7) is 1.85. The normalized spacial score (nSPS) is 11.0. The molecule has 3 rings (SSSR count). The van der Waals surface area contributed by atoms with Crippen molar-refractivity contribution in [2.24, 2.45) is 0 Å². The van der Waals surface area contributed by atoms with E-state index in [0.717, 1.165) is 10.9 Å². The maximum atomic E-state index is 11.3. The number of fused-ring (bicyclic) bond motifs is 1. The second kappa shape index (κ2) is 3.99. The van der Waals surface area contributed by atoms with Crippen LogP contribution in [-0.2, 0) is 0 Å². The van der Waals surface area contributed by atoms with Crippen molar-refractivity contribution in [1.29, 1.82) is 0 Å². The van der Waals surface area contributed by atoms with Crippen LogP contribution in [0.5, 0.6) is 0 Å². The van der Waals surface area contributed by atoms with E-state index in [2.05, 4.69) is 9.97 Å². The van der Waals surface area contributed by atoms with Crippen LogP contribution in [0.15, 0.2) is 39.7 Å². The second-order valence-corrected chi connectivity index (χ2v) is 4.42. The van der Waals surface area contributed by atoms with Crippen LogP contribution >= 0.6 is 11.6 Å². The Morgan fingerprint density at radius 2 is 2.22 bits per heavy atom. The topological polar surface area (TPSA) is 58.9 Å². The number of aryl methyl sites for hydroxylation is 1. The molecular weight excluding hydrogens is 252 g/mol. The molecule has 18 heavy (non-hydrogen) atoms. The van der Waals surface area contributed by atoms with Crippen molar-refractivity contribution < 1.29 is 4.42 Å². The van der Waals surface area contributed by atoms with Gasteiger partial charge in [-0.3, -0.25) is 0 Å². The average Bonchev–Trinajstić information content (AvgIpc) is 2.77. The van der Waals surface area contributed by atoms with E-state index in [0.29, 0.717) is 22.1 Å². The molecular formula is C13H9ClN2O2. The molecule has 0 aliphatic rings. The highest BCUT2D eigenvalue weighted by Gasteiger charge is 2.11. The van der Waals surface area contributed by atoms with Gasteiger partial charge in [-0.05, 0) is 24.6 Å². The molecule has 0 aliphatic heterocycles. The van der Waals surface area contributed by atoms with Crippen LogP contribution in [0.1, 0.15) is 5.56 Å². The number of rotatable bonds is 1. The van der Waals surface area contributed by atoms with Crippen LogP contribution < -0.4 is 5.69 Å². The lowest BCUT2D eigenvalue weighted by molar-refractivity contribution is 0.627. The summed E-state index contributed by atoms with van der Waals surface area (Å²) in [5, 5.41) is 1.45. The zero-order chi connectivity index (χ0) is 12.7. The summed E-state index contributed by atoms with van der Waals surface area (Å²) in [6.07, 6.45) is 1.52. The summed E-state index contributed by atoms with van der Waals surface area (Å²) >= 11 is 6.05. The number of nitrogens with zero attached hydrogens (tertiary/aromatic N) is 1. The molecule has 0 amide bonds. The van der Waals surface area contributed by atoms with E-state index in [1.54, 1.807) is 6.07 Å². The first kappa shape index (κ1) is 11.0. The number of H-pyrrole nitrogens is 1. The standard InChI is InChI=1S/C13H9ClN2O2/c1-7-6-15-13(17)16-11(7)10-5-8-3-2-4-9(14)12(8)18-10/h2-6H,1H3,(H,15,16,17). The van der Waals surface area contributed by atoms with E-state index in [4.69, 9.17) is 16.0 Å². The van der Waals surface area contributed by atoms with Crippen molar-refractivity contribution in [3.63, 3.8) is 0 Å². The fourth-order valence-electron chi connectivity index (χ4n) is 1.86. The summed E-state index contributed by atoms with van der Waals surface area (Å²) in [4.78, 5) is 17.6. The SMILES string of the molecule is Cc1cnc(=O)[nH]c1-c1cc2cccc(Cl)c2o1. The maximum Gasteiger partial charge on any atom is 0.345 e. The Hall–Kier alpha value is -2.07. The Balaban J connectivity index is 2.29. The predicted molar refractivity (Wildman–Crippen MR) is 69.8 cm³/mol. The number of aromatic amines is 1. The summed E-state index contributed by atoms with van der Waals surface area (Å²) in [5.41, 5.74) is 1.68. The van der Waals surface area contributed by atoms with E-state index in [9.17, 15) is 4.79 Å². The Morgan fingerprint density at radius 3 is 3.00 bits per heavy atom. The van der Waals surface area contributed by atoms with Gasteiger partial charge in [-0.1, -0.05) is 23.7 Å². The van der Waals surface area contributed by atoms with Crippen molar-refractivity contribution in [3.8, 4) is 11.5 Å². The third-order valence-electron chi connectivity index (χ3n) is 2.74. The first-order valence-corrected chi connectivity index (χ1v) is 5.77. The largest absolute Gasteiger partial charge is 0.453 e. The minimum Gasteiger partial charge on any atom is -0.453 e. The first-order valence-electron chi connectivity index (χ1n) is 5.39. The van der Waals surface area contributed by atoms with Crippen molar-refractivity contribution in [2.75, 3.05) is 0 Å². The van der Waals surface area contributed by atoms with Gasteiger partial charge in [0.25, 0.3) is 0 Å². The number of benzene rings is 1. The number of aromatic nitrogens is 2. The third-order valence-corrected chi connectivity index (χ3v) is 3.04. The lowest BCUT2D eigenvalue weighted by Gasteiger charge is -1.99. The Morgan fingerprint density at radius 1 is 1.39 bits per heavy atom. The second-order valence-electron chi connectivity index (χ2n) is 4.02. The highest BCUT2D eigenvalue weighted by Crippen LogP contribution is 2.31. The number of halogens is 1. The van der Waals surface area contributed by atoms with E-state index in [-0.39, 0.29) is 0 Å². The zero-order valence-electron chi connectivity index (χ0n) is 9.53. The van der Waals surface area contributed by atoms with Crippen LogP contribution in [0.25, 0.3) is 22.4 Å². The highest BCUT2D eigenvalue weighted by molar-refractivity contribution is 6.34. The summed E-state index contributed by atoms with van der Waals surface area (Å²) in [7, 11) is 0. The average molecular weight is 261 g/mol. The molecule has 2 aromatic heterocycles. The molecule has 0 aliphatic carbocycles. The molecule has 0 radical (unpaired) electrons. The summed E-state index contributed by atoms with van der Waals surface area (Å²) in [6, 6.07) is 7.37. The lowest BCUT2D eigenvalue weighted by Crippen LogP contribution is -2.10. The van der Waals surface area contributed by atoms with Crippen molar-refractivity contribution in [2.45, 2.75) is 6.92 Å². The molecule has 2 heterocycles. The monoisotopic (exact) mass is 260 g/mol. The van der Waals surface area contributed by atoms with E-state index < -0.39 is 5.69 Å². The molecule has 0 spiro atoms. The van der Waals surface area contributed by atoms with Crippen LogP contribution in [0.2, 0.25) is 5.02 Å².